The van der Waals surface area contributed by atoms with Crippen molar-refractivity contribution in [1.29, 1.82) is 0 Å². The van der Waals surface area contributed by atoms with E-state index in [1.165, 1.54) is 11.3 Å². The average Bonchev–Trinajstić information content (AvgIpc) is 2.67. The molecule has 0 radical (unpaired) electrons. The van der Waals surface area contributed by atoms with Gasteiger partial charge in [0.25, 0.3) is 0 Å². The highest BCUT2D eigenvalue weighted by Gasteiger charge is 1.94. The Hall–Kier alpha value is -1.88. The van der Waals surface area contributed by atoms with E-state index in [0.29, 0.717) is 0 Å². The molecule has 2 aromatic rings. The zero-order valence-electron chi connectivity index (χ0n) is 8.84. The van der Waals surface area contributed by atoms with Crippen LogP contribution in [0, 0.1) is 6.92 Å². The third kappa shape index (κ3) is 2.80. The van der Waals surface area contributed by atoms with Gasteiger partial charge >= 0.3 is 0 Å². The first kappa shape index (κ1) is 10.6. The van der Waals surface area contributed by atoms with Crippen LogP contribution in [0.1, 0.15) is 11.3 Å². The highest BCUT2D eigenvalue weighted by Crippen LogP contribution is 2.13. The first-order valence-electron chi connectivity index (χ1n) is 4.81. The molecule has 0 aliphatic rings. The van der Waals surface area contributed by atoms with Crippen LogP contribution in [0.5, 0.6) is 0 Å². The second-order valence-electron chi connectivity index (χ2n) is 3.33. The molecule has 16 heavy (non-hydrogen) atoms. The maximum atomic E-state index is 5.58. The lowest BCUT2D eigenvalue weighted by molar-refractivity contribution is 1.22. The number of hydrogen-bond acceptors (Lipinski definition) is 5. The molecule has 0 amide bonds. The Bertz CT molecular complexity index is 487. The molecule has 0 aliphatic carbocycles. The number of benzene rings is 1. The highest BCUT2D eigenvalue weighted by molar-refractivity contribution is 7.13. The number of hydrazone groups is 1. The van der Waals surface area contributed by atoms with E-state index in [1.807, 2.05) is 36.6 Å². The largest absolute Gasteiger partial charge is 0.399 e. The highest BCUT2D eigenvalue weighted by atomic mass is 32.1. The number of nitrogen functional groups attached to an aromatic ring is 1. The van der Waals surface area contributed by atoms with Crippen LogP contribution >= 0.6 is 11.3 Å². The molecule has 0 saturated heterocycles. The lowest BCUT2D eigenvalue weighted by Crippen LogP contribution is -1.90. The topological polar surface area (TPSA) is 63.3 Å². The third-order valence-corrected chi connectivity index (χ3v) is 2.79. The lowest BCUT2D eigenvalue weighted by atomic mass is 10.2. The van der Waals surface area contributed by atoms with Crippen LogP contribution in [-0.2, 0) is 0 Å². The molecule has 82 valence electrons. The van der Waals surface area contributed by atoms with Crippen LogP contribution in [0.3, 0.4) is 0 Å². The second kappa shape index (κ2) is 4.76. The zero-order valence-corrected chi connectivity index (χ0v) is 9.66. The summed E-state index contributed by atoms with van der Waals surface area (Å²) in [6, 6.07) is 7.50. The van der Waals surface area contributed by atoms with Crippen molar-refractivity contribution in [2.75, 3.05) is 11.2 Å². The summed E-state index contributed by atoms with van der Waals surface area (Å²) in [6.45, 7) is 1.95. The van der Waals surface area contributed by atoms with Crippen molar-refractivity contribution in [3.63, 3.8) is 0 Å². The Balaban J connectivity index is 1.97. The number of thiazole rings is 1. The van der Waals surface area contributed by atoms with Gasteiger partial charge in [0.2, 0.25) is 5.13 Å². The summed E-state index contributed by atoms with van der Waals surface area (Å²) >= 11 is 1.53. The number of aromatic nitrogens is 1. The van der Waals surface area contributed by atoms with Gasteiger partial charge in [-0.3, -0.25) is 5.43 Å². The van der Waals surface area contributed by atoms with Gasteiger partial charge < -0.3 is 5.73 Å². The maximum Gasteiger partial charge on any atom is 0.203 e. The summed E-state index contributed by atoms with van der Waals surface area (Å²) < 4.78 is 0. The van der Waals surface area contributed by atoms with Crippen molar-refractivity contribution in [1.82, 2.24) is 4.98 Å². The van der Waals surface area contributed by atoms with Crippen LogP contribution < -0.4 is 11.2 Å². The molecule has 0 aliphatic heterocycles. The SMILES string of the molecule is Cc1csc(N/N=C/c2ccc(N)cc2)n1. The monoisotopic (exact) mass is 232 g/mol. The fourth-order valence-electron chi connectivity index (χ4n) is 1.15. The summed E-state index contributed by atoms with van der Waals surface area (Å²) in [6.07, 6.45) is 1.73. The predicted molar refractivity (Wildman–Crippen MR) is 68.9 cm³/mol. The van der Waals surface area contributed by atoms with Gasteiger partial charge in [-0.2, -0.15) is 5.10 Å². The molecule has 3 N–H and O–H groups in total. The number of rotatable bonds is 3. The van der Waals surface area contributed by atoms with Crippen LogP contribution in [0.4, 0.5) is 10.8 Å². The molecule has 0 bridgehead atoms. The van der Waals surface area contributed by atoms with Crippen molar-refractivity contribution in [2.45, 2.75) is 6.92 Å². The van der Waals surface area contributed by atoms with Crippen LogP contribution in [0.15, 0.2) is 34.7 Å². The van der Waals surface area contributed by atoms with E-state index >= 15 is 0 Å². The van der Waals surface area contributed by atoms with Gasteiger partial charge in [0, 0.05) is 11.1 Å². The number of nitrogens with one attached hydrogen (secondary N) is 1. The van der Waals surface area contributed by atoms with Gasteiger partial charge in [-0.15, -0.1) is 11.3 Å². The molecule has 0 fully saturated rings. The minimum absolute atomic E-state index is 0.751. The Morgan fingerprint density at radius 1 is 1.38 bits per heavy atom. The lowest BCUT2D eigenvalue weighted by Gasteiger charge is -1.95. The van der Waals surface area contributed by atoms with Gasteiger partial charge in [0.15, 0.2) is 0 Å². The molecule has 0 unspecified atom stereocenters. The van der Waals surface area contributed by atoms with Gasteiger partial charge in [-0.25, -0.2) is 4.98 Å². The smallest absolute Gasteiger partial charge is 0.203 e. The first-order valence-corrected chi connectivity index (χ1v) is 5.69. The number of nitrogens with two attached hydrogens (primary N) is 1. The van der Waals surface area contributed by atoms with E-state index in [2.05, 4.69) is 15.5 Å². The Labute approximate surface area is 97.8 Å². The summed E-state index contributed by atoms with van der Waals surface area (Å²) in [7, 11) is 0. The van der Waals surface area contributed by atoms with Gasteiger partial charge in [-0.05, 0) is 24.6 Å². The van der Waals surface area contributed by atoms with Crippen molar-refractivity contribution >= 4 is 28.4 Å². The number of anilines is 2. The van der Waals surface area contributed by atoms with Gasteiger partial charge in [0.1, 0.15) is 0 Å². The minimum atomic E-state index is 0.751. The van der Waals surface area contributed by atoms with Crippen molar-refractivity contribution in [3.8, 4) is 0 Å². The van der Waals surface area contributed by atoms with E-state index in [9.17, 15) is 0 Å². The van der Waals surface area contributed by atoms with Crippen molar-refractivity contribution < 1.29 is 0 Å². The molecule has 1 aromatic carbocycles. The molecular weight excluding hydrogens is 220 g/mol. The van der Waals surface area contributed by atoms with E-state index in [4.69, 9.17) is 5.73 Å². The molecule has 0 spiro atoms. The summed E-state index contributed by atoms with van der Waals surface area (Å²) in [5.41, 5.74) is 11.2. The Kier molecular flexibility index (Phi) is 3.16. The average molecular weight is 232 g/mol. The molecule has 5 heteroatoms. The number of nitrogens with zero attached hydrogens (tertiary/aromatic N) is 2. The van der Waals surface area contributed by atoms with Crippen LogP contribution in [0.25, 0.3) is 0 Å². The van der Waals surface area contributed by atoms with Crippen molar-refractivity contribution in [3.05, 3.63) is 40.9 Å². The Morgan fingerprint density at radius 3 is 2.75 bits per heavy atom. The molecule has 1 aromatic heterocycles. The van der Waals surface area contributed by atoms with E-state index in [1.54, 1.807) is 6.21 Å². The number of hydrogen-bond donors (Lipinski definition) is 2. The summed E-state index contributed by atoms with van der Waals surface area (Å²) in [5, 5.41) is 6.86. The minimum Gasteiger partial charge on any atom is -0.399 e. The van der Waals surface area contributed by atoms with Crippen molar-refractivity contribution in [2.24, 2.45) is 5.10 Å². The summed E-state index contributed by atoms with van der Waals surface area (Å²) in [4.78, 5) is 4.23. The molecule has 0 saturated carbocycles. The van der Waals surface area contributed by atoms with E-state index in [-0.39, 0.29) is 0 Å². The molecule has 0 atom stereocenters. The molecule has 2 rings (SSSR count). The second-order valence-corrected chi connectivity index (χ2v) is 4.19. The number of aryl methyl sites for hydroxylation is 1. The fraction of sp³-hybridized carbons (Fsp3) is 0.0909. The molecular formula is C11H12N4S. The quantitative estimate of drug-likeness (QED) is 0.485. The zero-order chi connectivity index (χ0) is 11.4. The predicted octanol–water partition coefficient (Wildman–Crippen LogP) is 2.48. The first-order chi connectivity index (χ1) is 7.74. The van der Waals surface area contributed by atoms with Gasteiger partial charge in [0.05, 0.1) is 11.9 Å². The fourth-order valence-corrected chi connectivity index (χ4v) is 1.79. The summed E-state index contributed by atoms with van der Waals surface area (Å²) in [5.74, 6) is 0. The normalized spacial score (nSPS) is 10.8. The molecule has 4 nitrogen and oxygen atoms in total. The molecule has 1 heterocycles. The van der Waals surface area contributed by atoms with Crippen LogP contribution in [-0.4, -0.2) is 11.2 Å². The van der Waals surface area contributed by atoms with Gasteiger partial charge in [-0.1, -0.05) is 12.1 Å². The Morgan fingerprint density at radius 2 is 2.12 bits per heavy atom. The van der Waals surface area contributed by atoms with E-state index < -0.39 is 0 Å². The van der Waals surface area contributed by atoms with Crippen LogP contribution in [0.2, 0.25) is 0 Å². The third-order valence-electron chi connectivity index (χ3n) is 1.93. The van der Waals surface area contributed by atoms with E-state index in [0.717, 1.165) is 22.1 Å². The maximum absolute atomic E-state index is 5.58. The standard InChI is InChI=1S/C11H12N4S/c1-8-7-16-11(14-8)15-13-6-9-2-4-10(12)5-3-9/h2-7H,12H2,1H3,(H,14,15)/b13-6+.